The first-order valence-corrected chi connectivity index (χ1v) is 9.06. The molecule has 0 saturated heterocycles. The molecule has 1 aromatic rings. The Balaban J connectivity index is 3.38. The van der Waals surface area contributed by atoms with Gasteiger partial charge in [-0.3, -0.25) is 4.72 Å². The number of ether oxygens (including phenoxy) is 1. The Kier molecular flexibility index (Phi) is 5.73. The maximum Gasteiger partial charge on any atom is 0.233 e. The molecule has 2 N–H and O–H groups in total. The number of anilines is 2. The van der Waals surface area contributed by atoms with E-state index in [0.29, 0.717) is 11.4 Å². The first-order chi connectivity index (χ1) is 10.00. The molecule has 0 atom stereocenters. The lowest BCUT2D eigenvalue weighted by molar-refractivity contribution is 0.418. The van der Waals surface area contributed by atoms with Crippen LogP contribution in [0.3, 0.4) is 0 Å². The minimum absolute atomic E-state index is 0.0538. The summed E-state index contributed by atoms with van der Waals surface area (Å²) >= 11 is 0. The van der Waals surface area contributed by atoms with Gasteiger partial charge in [0.15, 0.2) is 5.75 Å². The zero-order valence-electron chi connectivity index (χ0n) is 14.6. The summed E-state index contributed by atoms with van der Waals surface area (Å²) in [5.74, 6) is 0.631. The molecule has 0 fully saturated rings. The van der Waals surface area contributed by atoms with Crippen molar-refractivity contribution >= 4 is 21.4 Å². The third kappa shape index (κ3) is 4.80. The van der Waals surface area contributed by atoms with Gasteiger partial charge in [-0.25, -0.2) is 8.42 Å². The fourth-order valence-electron chi connectivity index (χ4n) is 2.19. The van der Waals surface area contributed by atoms with Crippen molar-refractivity contribution in [2.24, 2.45) is 5.92 Å². The van der Waals surface area contributed by atoms with Gasteiger partial charge in [0.2, 0.25) is 10.0 Å². The molecule has 0 unspecified atom stereocenters. The van der Waals surface area contributed by atoms with Crippen molar-refractivity contribution in [1.82, 2.24) is 0 Å². The zero-order valence-corrected chi connectivity index (χ0v) is 15.4. The van der Waals surface area contributed by atoms with Crippen LogP contribution < -0.4 is 14.8 Å². The smallest absolute Gasteiger partial charge is 0.233 e. The van der Waals surface area contributed by atoms with Crippen LogP contribution >= 0.6 is 0 Å². The Hall–Kier alpha value is -1.43. The summed E-state index contributed by atoms with van der Waals surface area (Å²) in [6, 6.07) is 3.83. The third-order valence-electron chi connectivity index (χ3n) is 3.25. The molecule has 0 aliphatic heterocycles. The second kappa shape index (κ2) is 6.77. The highest BCUT2D eigenvalue weighted by atomic mass is 32.2. The lowest BCUT2D eigenvalue weighted by Gasteiger charge is -2.24. The van der Waals surface area contributed by atoms with Crippen molar-refractivity contribution in [2.45, 2.75) is 40.0 Å². The second-order valence-electron chi connectivity index (χ2n) is 6.88. The van der Waals surface area contributed by atoms with E-state index < -0.39 is 10.0 Å². The van der Waals surface area contributed by atoms with Gasteiger partial charge in [-0.2, -0.15) is 0 Å². The number of methoxy groups -OCH3 is 1. The summed E-state index contributed by atoms with van der Waals surface area (Å²) < 4.78 is 32.6. The maximum atomic E-state index is 12.3. The van der Waals surface area contributed by atoms with E-state index in [9.17, 15) is 8.42 Å². The fourth-order valence-corrected chi connectivity index (χ4v) is 3.64. The normalized spacial score (nSPS) is 12.4. The van der Waals surface area contributed by atoms with E-state index in [4.69, 9.17) is 4.74 Å². The van der Waals surface area contributed by atoms with Crippen molar-refractivity contribution < 1.29 is 13.2 Å². The van der Waals surface area contributed by atoms with E-state index in [1.165, 1.54) is 7.11 Å². The van der Waals surface area contributed by atoms with Crippen LogP contribution in [0.1, 0.15) is 40.2 Å². The summed E-state index contributed by atoms with van der Waals surface area (Å²) in [5.41, 5.74) is 2.16. The first-order valence-electron chi connectivity index (χ1n) is 7.41. The Bertz CT molecular complexity index is 617. The van der Waals surface area contributed by atoms with Crippen LogP contribution in [0, 0.1) is 5.92 Å². The SMILES string of the molecule is CNc1cc(C(C)(C)C)cc(NS(=O)(=O)CC(C)C)c1OC. The van der Waals surface area contributed by atoms with Gasteiger partial charge < -0.3 is 10.1 Å². The van der Waals surface area contributed by atoms with E-state index in [1.807, 2.05) is 26.0 Å². The minimum Gasteiger partial charge on any atom is -0.492 e. The Morgan fingerprint density at radius 3 is 2.14 bits per heavy atom. The van der Waals surface area contributed by atoms with Gasteiger partial charge in [-0.15, -0.1) is 0 Å². The number of hydrogen-bond donors (Lipinski definition) is 2. The molecule has 0 radical (unpaired) electrons. The van der Waals surface area contributed by atoms with Crippen LogP contribution in [0.15, 0.2) is 12.1 Å². The standard InChI is InChI=1S/C16H28N2O3S/c1-11(2)10-22(19,20)18-14-9-12(16(3,4)5)8-13(17-6)15(14)21-7/h8-9,11,17-18H,10H2,1-7H3. The number of sulfonamides is 1. The molecule has 0 bridgehead atoms. The van der Waals surface area contributed by atoms with Crippen LogP contribution in [-0.2, 0) is 15.4 Å². The number of nitrogens with one attached hydrogen (secondary N) is 2. The largest absolute Gasteiger partial charge is 0.492 e. The molecule has 1 rings (SSSR count). The highest BCUT2D eigenvalue weighted by Crippen LogP contribution is 2.38. The van der Waals surface area contributed by atoms with Gasteiger partial charge in [0, 0.05) is 7.05 Å². The Morgan fingerprint density at radius 2 is 1.73 bits per heavy atom. The zero-order chi connectivity index (χ0) is 17.1. The summed E-state index contributed by atoms with van der Waals surface area (Å²) in [4.78, 5) is 0. The quantitative estimate of drug-likeness (QED) is 0.839. The van der Waals surface area contributed by atoms with Crippen LogP contribution in [0.2, 0.25) is 0 Å². The predicted molar refractivity (Wildman–Crippen MR) is 93.5 cm³/mol. The van der Waals surface area contributed by atoms with Gasteiger partial charge >= 0.3 is 0 Å². The fraction of sp³-hybridized carbons (Fsp3) is 0.625. The van der Waals surface area contributed by atoms with Crippen LogP contribution in [0.4, 0.5) is 11.4 Å². The summed E-state index contributed by atoms with van der Waals surface area (Å²) in [6.07, 6.45) is 0. The molecule has 126 valence electrons. The van der Waals surface area contributed by atoms with E-state index in [2.05, 4.69) is 30.8 Å². The highest BCUT2D eigenvalue weighted by molar-refractivity contribution is 7.92. The molecule has 0 saturated carbocycles. The van der Waals surface area contributed by atoms with Crippen molar-refractivity contribution in [1.29, 1.82) is 0 Å². The lowest BCUT2D eigenvalue weighted by Crippen LogP contribution is -2.21. The van der Waals surface area contributed by atoms with E-state index in [1.54, 1.807) is 7.05 Å². The lowest BCUT2D eigenvalue weighted by atomic mass is 9.86. The van der Waals surface area contributed by atoms with Crippen molar-refractivity contribution in [3.63, 3.8) is 0 Å². The molecule has 5 nitrogen and oxygen atoms in total. The molecular weight excluding hydrogens is 300 g/mol. The van der Waals surface area contributed by atoms with E-state index in [-0.39, 0.29) is 17.1 Å². The monoisotopic (exact) mass is 328 g/mol. The van der Waals surface area contributed by atoms with Crippen molar-refractivity contribution in [3.05, 3.63) is 17.7 Å². The van der Waals surface area contributed by atoms with Crippen molar-refractivity contribution in [2.75, 3.05) is 29.9 Å². The molecule has 0 aliphatic rings. The van der Waals surface area contributed by atoms with Gasteiger partial charge in [0.25, 0.3) is 0 Å². The van der Waals surface area contributed by atoms with E-state index >= 15 is 0 Å². The average Bonchev–Trinajstić information content (AvgIpc) is 2.34. The van der Waals surface area contributed by atoms with Crippen molar-refractivity contribution in [3.8, 4) is 5.75 Å². The molecule has 0 spiro atoms. The number of benzene rings is 1. The minimum atomic E-state index is -3.41. The Labute approximate surface area is 134 Å². The maximum absolute atomic E-state index is 12.3. The van der Waals surface area contributed by atoms with Gasteiger partial charge in [0.05, 0.1) is 24.2 Å². The summed E-state index contributed by atoms with van der Waals surface area (Å²) in [5, 5.41) is 3.07. The summed E-state index contributed by atoms with van der Waals surface area (Å²) in [6.45, 7) is 10.0. The third-order valence-corrected chi connectivity index (χ3v) is 4.88. The van der Waals surface area contributed by atoms with Gasteiger partial charge in [-0.05, 0) is 29.0 Å². The topological polar surface area (TPSA) is 67.4 Å². The summed E-state index contributed by atoms with van der Waals surface area (Å²) in [7, 11) is -0.0882. The number of hydrogen-bond acceptors (Lipinski definition) is 4. The van der Waals surface area contributed by atoms with E-state index in [0.717, 1.165) is 11.3 Å². The first kappa shape index (κ1) is 18.6. The van der Waals surface area contributed by atoms with Gasteiger partial charge in [0.1, 0.15) is 0 Å². The second-order valence-corrected chi connectivity index (χ2v) is 8.65. The van der Waals surface area contributed by atoms with Crippen LogP contribution in [0.5, 0.6) is 5.75 Å². The molecule has 6 heteroatoms. The molecule has 0 amide bonds. The highest BCUT2D eigenvalue weighted by Gasteiger charge is 2.22. The molecule has 0 aliphatic carbocycles. The average molecular weight is 328 g/mol. The molecule has 22 heavy (non-hydrogen) atoms. The Morgan fingerprint density at radius 1 is 1.18 bits per heavy atom. The van der Waals surface area contributed by atoms with Gasteiger partial charge in [-0.1, -0.05) is 34.6 Å². The van der Waals surface area contributed by atoms with Crippen LogP contribution in [0.25, 0.3) is 0 Å². The molecular formula is C16H28N2O3S. The molecule has 1 aromatic carbocycles. The number of rotatable bonds is 6. The predicted octanol–water partition coefficient (Wildman–Crippen LogP) is 3.43. The molecule has 0 aromatic heterocycles. The molecule has 0 heterocycles. The van der Waals surface area contributed by atoms with Crippen LogP contribution in [-0.4, -0.2) is 28.3 Å².